The van der Waals surface area contributed by atoms with Crippen molar-refractivity contribution in [3.63, 3.8) is 0 Å². The molecule has 0 spiro atoms. The van der Waals surface area contributed by atoms with Crippen molar-refractivity contribution in [1.82, 2.24) is 5.32 Å². The zero-order valence-corrected chi connectivity index (χ0v) is 17.6. The summed E-state index contributed by atoms with van der Waals surface area (Å²) in [5, 5.41) is 12.1. The molecule has 0 radical (unpaired) electrons. The number of nitrogens with zero attached hydrogens (tertiary/aromatic N) is 2. The molecule has 2 aromatic carbocycles. The molecule has 7 heteroatoms. The number of pyridine rings is 1. The maximum atomic E-state index is 12.3. The first-order chi connectivity index (χ1) is 15.0. The quantitative estimate of drug-likeness (QED) is 0.478. The summed E-state index contributed by atoms with van der Waals surface area (Å²) in [6.07, 6.45) is 5.82. The molecule has 0 atom stereocenters. The van der Waals surface area contributed by atoms with E-state index in [0.717, 1.165) is 16.7 Å². The summed E-state index contributed by atoms with van der Waals surface area (Å²) in [5.74, 6) is -1.07. The number of amides is 1. The molecule has 0 bridgehead atoms. The summed E-state index contributed by atoms with van der Waals surface area (Å²) in [6.45, 7) is 0. The largest absolute Gasteiger partial charge is 0.481 e. The number of aliphatic carboxylic acids is 1. The number of aliphatic imine (C=N–C) groups is 1. The van der Waals surface area contributed by atoms with Crippen molar-refractivity contribution in [2.24, 2.45) is 12.0 Å². The molecular weight excluding hydrogens is 410 g/mol. The summed E-state index contributed by atoms with van der Waals surface area (Å²) in [7, 11) is 1.98. The molecule has 1 amide bonds. The van der Waals surface area contributed by atoms with E-state index in [-0.39, 0.29) is 12.3 Å². The molecule has 1 fully saturated rings. The van der Waals surface area contributed by atoms with E-state index in [0.29, 0.717) is 21.3 Å². The number of carbonyl (C=O) groups is 2. The molecule has 154 valence electrons. The average Bonchev–Trinajstić information content (AvgIpc) is 3.09. The van der Waals surface area contributed by atoms with Gasteiger partial charge in [-0.1, -0.05) is 36.4 Å². The summed E-state index contributed by atoms with van der Waals surface area (Å²) in [4.78, 5) is 28.1. The third-order valence-electron chi connectivity index (χ3n) is 4.69. The molecule has 0 unspecified atom stereocenters. The standard InChI is InChI=1S/C24H19N3O3S/c1-27-12-10-19(11-13-27)18-6-2-16(3-7-18)14-21-23(30)26-24(31-21)25-20-8-4-17(5-9-20)15-22(28)29/h2-14H,15H2,1H3,(H-,25,26,28,29,30)/p+1. The normalized spacial score (nSPS) is 16.0. The predicted molar refractivity (Wildman–Crippen MR) is 122 cm³/mol. The van der Waals surface area contributed by atoms with E-state index in [9.17, 15) is 9.59 Å². The molecule has 1 saturated heterocycles. The molecule has 1 aliphatic heterocycles. The van der Waals surface area contributed by atoms with Crippen LogP contribution in [-0.2, 0) is 23.1 Å². The van der Waals surface area contributed by atoms with Crippen LogP contribution in [0.4, 0.5) is 5.69 Å². The Balaban J connectivity index is 1.46. The molecule has 31 heavy (non-hydrogen) atoms. The van der Waals surface area contributed by atoms with Gasteiger partial charge in [0, 0.05) is 12.1 Å². The third kappa shape index (κ3) is 5.26. The van der Waals surface area contributed by atoms with E-state index < -0.39 is 5.97 Å². The lowest BCUT2D eigenvalue weighted by atomic mass is 10.0. The molecule has 4 rings (SSSR count). The number of carboxylic acids is 1. The highest BCUT2D eigenvalue weighted by Gasteiger charge is 2.23. The molecule has 1 aliphatic rings. The van der Waals surface area contributed by atoms with E-state index in [1.165, 1.54) is 11.8 Å². The van der Waals surface area contributed by atoms with Crippen LogP contribution in [0.5, 0.6) is 0 Å². The number of hydrogen-bond acceptors (Lipinski definition) is 4. The second kappa shape index (κ2) is 8.97. The highest BCUT2D eigenvalue weighted by Crippen LogP contribution is 2.29. The third-order valence-corrected chi connectivity index (χ3v) is 5.60. The second-order valence-corrected chi connectivity index (χ2v) is 8.12. The van der Waals surface area contributed by atoms with Crippen LogP contribution < -0.4 is 9.88 Å². The summed E-state index contributed by atoms with van der Waals surface area (Å²) >= 11 is 1.28. The SMILES string of the molecule is C[n+]1ccc(-c2ccc(C=C3SC(=Nc4ccc(CC(=O)O)cc4)NC3=O)cc2)cc1. The van der Waals surface area contributed by atoms with Gasteiger partial charge in [-0.05, 0) is 52.2 Å². The molecule has 3 aromatic rings. The highest BCUT2D eigenvalue weighted by atomic mass is 32.2. The van der Waals surface area contributed by atoms with Crippen LogP contribution in [0.25, 0.3) is 17.2 Å². The first-order valence-corrected chi connectivity index (χ1v) is 10.4. The first-order valence-electron chi connectivity index (χ1n) is 9.62. The minimum absolute atomic E-state index is 0.0309. The van der Waals surface area contributed by atoms with Crippen LogP contribution >= 0.6 is 11.8 Å². The smallest absolute Gasteiger partial charge is 0.307 e. The lowest BCUT2D eigenvalue weighted by Gasteiger charge is -2.01. The lowest BCUT2D eigenvalue weighted by molar-refractivity contribution is -0.671. The number of nitrogens with one attached hydrogen (secondary N) is 1. The Bertz CT molecular complexity index is 1180. The number of hydrogen-bond donors (Lipinski definition) is 2. The Kier molecular flexibility index (Phi) is 5.95. The van der Waals surface area contributed by atoms with Crippen molar-refractivity contribution in [1.29, 1.82) is 0 Å². The van der Waals surface area contributed by atoms with Crippen molar-refractivity contribution in [3.8, 4) is 11.1 Å². The fourth-order valence-corrected chi connectivity index (χ4v) is 3.92. The van der Waals surface area contributed by atoms with E-state index in [2.05, 4.69) is 22.4 Å². The lowest BCUT2D eigenvalue weighted by Crippen LogP contribution is -2.25. The Morgan fingerprint density at radius 3 is 2.32 bits per heavy atom. The Morgan fingerprint density at radius 2 is 1.68 bits per heavy atom. The predicted octanol–water partition coefficient (Wildman–Crippen LogP) is 3.70. The van der Waals surface area contributed by atoms with Gasteiger partial charge in [0.15, 0.2) is 17.6 Å². The summed E-state index contributed by atoms with van der Waals surface area (Å²) in [5.41, 5.74) is 4.53. The van der Waals surface area contributed by atoms with Gasteiger partial charge in [0.2, 0.25) is 0 Å². The number of carboxylic acid groups (broad SMARTS) is 1. The van der Waals surface area contributed by atoms with Gasteiger partial charge in [-0.2, -0.15) is 0 Å². The van der Waals surface area contributed by atoms with Crippen LogP contribution in [-0.4, -0.2) is 22.2 Å². The Morgan fingerprint density at radius 1 is 1.03 bits per heavy atom. The van der Waals surface area contributed by atoms with Crippen LogP contribution in [0.15, 0.2) is 83.0 Å². The number of aryl methyl sites for hydroxylation is 1. The highest BCUT2D eigenvalue weighted by molar-refractivity contribution is 8.18. The topological polar surface area (TPSA) is 82.6 Å². The number of amidine groups is 1. The summed E-state index contributed by atoms with van der Waals surface area (Å²) < 4.78 is 1.99. The minimum Gasteiger partial charge on any atom is -0.481 e. The number of thioether (sulfide) groups is 1. The second-order valence-electron chi connectivity index (χ2n) is 7.09. The van der Waals surface area contributed by atoms with Crippen LogP contribution in [0, 0.1) is 0 Å². The molecular formula is C24H20N3O3S+. The molecule has 2 heterocycles. The fourth-order valence-electron chi connectivity index (χ4n) is 3.08. The maximum Gasteiger partial charge on any atom is 0.307 e. The van der Waals surface area contributed by atoms with Crippen molar-refractivity contribution in [3.05, 3.63) is 89.1 Å². The van der Waals surface area contributed by atoms with Crippen LogP contribution in [0.1, 0.15) is 11.1 Å². The number of aromatic nitrogens is 1. The van der Waals surface area contributed by atoms with Crippen molar-refractivity contribution < 1.29 is 19.3 Å². The van der Waals surface area contributed by atoms with Gasteiger partial charge in [0.25, 0.3) is 5.91 Å². The van der Waals surface area contributed by atoms with Gasteiger partial charge in [0.05, 0.1) is 17.0 Å². The van der Waals surface area contributed by atoms with Gasteiger partial charge in [-0.25, -0.2) is 9.56 Å². The van der Waals surface area contributed by atoms with Crippen LogP contribution in [0.2, 0.25) is 0 Å². The molecule has 1 aromatic heterocycles. The average molecular weight is 431 g/mol. The molecule has 2 N–H and O–H groups in total. The van der Waals surface area contributed by atoms with Gasteiger partial charge < -0.3 is 10.4 Å². The Hall–Kier alpha value is -3.71. The zero-order valence-electron chi connectivity index (χ0n) is 16.8. The monoisotopic (exact) mass is 430 g/mol. The molecule has 6 nitrogen and oxygen atoms in total. The zero-order chi connectivity index (χ0) is 21.8. The fraction of sp³-hybridized carbons (Fsp3) is 0.0833. The minimum atomic E-state index is -0.877. The van der Waals surface area contributed by atoms with Crippen molar-refractivity contribution in [2.75, 3.05) is 0 Å². The van der Waals surface area contributed by atoms with Gasteiger partial charge in [-0.15, -0.1) is 0 Å². The number of benzene rings is 2. The van der Waals surface area contributed by atoms with Crippen molar-refractivity contribution in [2.45, 2.75) is 6.42 Å². The maximum absolute atomic E-state index is 12.3. The van der Waals surface area contributed by atoms with Gasteiger partial charge in [0.1, 0.15) is 7.05 Å². The number of carbonyl (C=O) groups excluding carboxylic acids is 1. The Labute approximate surface area is 184 Å². The van der Waals surface area contributed by atoms with Crippen LogP contribution in [0.3, 0.4) is 0 Å². The van der Waals surface area contributed by atoms with E-state index in [1.807, 2.05) is 54.3 Å². The molecule has 0 aliphatic carbocycles. The first kappa shape index (κ1) is 20.6. The van der Waals surface area contributed by atoms with Gasteiger partial charge in [-0.3, -0.25) is 9.59 Å². The molecule has 0 saturated carbocycles. The van der Waals surface area contributed by atoms with Gasteiger partial charge >= 0.3 is 5.97 Å². The van der Waals surface area contributed by atoms with E-state index in [4.69, 9.17) is 5.11 Å². The van der Waals surface area contributed by atoms with Crippen molar-refractivity contribution >= 4 is 40.6 Å². The summed E-state index contributed by atoms with van der Waals surface area (Å²) in [6, 6.07) is 19.1. The number of rotatable bonds is 5. The van der Waals surface area contributed by atoms with E-state index in [1.54, 1.807) is 24.3 Å². The van der Waals surface area contributed by atoms with E-state index >= 15 is 0 Å².